The number of aliphatic hydroxyl groups excluding tert-OH is 1. The molecule has 4 aliphatic rings. The van der Waals surface area contributed by atoms with E-state index in [-0.39, 0.29) is 36.2 Å². The van der Waals surface area contributed by atoms with Crippen LogP contribution in [0.3, 0.4) is 0 Å². The van der Waals surface area contributed by atoms with E-state index in [0.717, 1.165) is 16.6 Å². The van der Waals surface area contributed by atoms with Gasteiger partial charge in [0.05, 0.1) is 41.4 Å². The number of fused-ring (bicyclic) bond motifs is 3. The van der Waals surface area contributed by atoms with E-state index in [0.29, 0.717) is 37.6 Å². The SMILES string of the molecule is CCOc1ccc(N2CC=C[C@@H]3S[C@]45C=CCN(Cn6nnc7ccccc76)C(=O)C4N([C@@H](CO)Cc4ccccc4)C(=O)[C@@H]5[C@@H]3C2=O)cc1. The van der Waals surface area contributed by atoms with Crippen LogP contribution in [0, 0.1) is 11.8 Å². The van der Waals surface area contributed by atoms with Gasteiger partial charge in [-0.2, -0.15) is 0 Å². The molecular formula is C38H38N6O5S. The van der Waals surface area contributed by atoms with Gasteiger partial charge >= 0.3 is 0 Å². The first kappa shape index (κ1) is 32.3. The van der Waals surface area contributed by atoms with Gasteiger partial charge in [0.2, 0.25) is 17.7 Å². The minimum absolute atomic E-state index is 0.132. The lowest BCUT2D eigenvalue weighted by atomic mass is 9.78. The third-order valence-electron chi connectivity index (χ3n) is 10.3. The van der Waals surface area contributed by atoms with Crippen molar-refractivity contribution in [3.05, 3.63) is 109 Å². The molecule has 8 rings (SSSR count). The van der Waals surface area contributed by atoms with Gasteiger partial charge in [-0.1, -0.05) is 72.0 Å². The Labute approximate surface area is 294 Å². The summed E-state index contributed by atoms with van der Waals surface area (Å²) in [5, 5.41) is 19.2. The quantitative estimate of drug-likeness (QED) is 0.264. The molecule has 4 aliphatic heterocycles. The van der Waals surface area contributed by atoms with E-state index in [9.17, 15) is 14.7 Å². The first-order valence-corrected chi connectivity index (χ1v) is 17.9. The van der Waals surface area contributed by atoms with Crippen molar-refractivity contribution >= 4 is 46.2 Å². The summed E-state index contributed by atoms with van der Waals surface area (Å²) in [5.41, 5.74) is 3.16. The van der Waals surface area contributed by atoms with Gasteiger partial charge in [0.1, 0.15) is 24.0 Å². The lowest BCUT2D eigenvalue weighted by molar-refractivity contribution is -0.146. The van der Waals surface area contributed by atoms with Crippen molar-refractivity contribution in [2.45, 2.75) is 42.1 Å². The second-order valence-electron chi connectivity index (χ2n) is 13.1. The zero-order valence-corrected chi connectivity index (χ0v) is 28.4. The maximum atomic E-state index is 15.0. The fraction of sp³-hybridized carbons (Fsp3) is 0.342. The summed E-state index contributed by atoms with van der Waals surface area (Å²) in [4.78, 5) is 49.7. The first-order chi connectivity index (χ1) is 24.4. The number of anilines is 1. The van der Waals surface area contributed by atoms with Gasteiger partial charge in [-0.25, -0.2) is 4.68 Å². The molecule has 5 heterocycles. The minimum Gasteiger partial charge on any atom is -0.494 e. The summed E-state index contributed by atoms with van der Waals surface area (Å²) in [6.07, 6.45) is 8.31. The molecule has 4 aromatic rings. The summed E-state index contributed by atoms with van der Waals surface area (Å²) in [6.45, 7) is 2.91. The van der Waals surface area contributed by atoms with E-state index in [1.807, 2.05) is 110 Å². The number of carbonyl (C=O) groups is 3. The number of para-hydroxylation sites is 1. The molecule has 1 unspecified atom stereocenters. The predicted molar refractivity (Wildman–Crippen MR) is 190 cm³/mol. The molecule has 6 atom stereocenters. The number of hydrogen-bond acceptors (Lipinski definition) is 8. The molecule has 2 fully saturated rings. The molecule has 0 radical (unpaired) electrons. The van der Waals surface area contributed by atoms with Gasteiger partial charge in [0.15, 0.2) is 0 Å². The van der Waals surface area contributed by atoms with E-state index in [1.54, 1.807) is 19.4 Å². The first-order valence-electron chi connectivity index (χ1n) is 17.0. The number of nitrogens with zero attached hydrogens (tertiary/aromatic N) is 6. The topological polar surface area (TPSA) is 121 Å². The molecule has 3 amide bonds. The zero-order valence-electron chi connectivity index (χ0n) is 27.6. The smallest absolute Gasteiger partial charge is 0.248 e. The highest BCUT2D eigenvalue weighted by Gasteiger charge is 2.71. The van der Waals surface area contributed by atoms with Crippen LogP contribution in [-0.4, -0.2) is 96.0 Å². The Kier molecular flexibility index (Phi) is 8.44. The van der Waals surface area contributed by atoms with E-state index in [1.165, 1.54) is 11.8 Å². The zero-order chi connectivity index (χ0) is 34.4. The highest BCUT2D eigenvalue weighted by Crippen LogP contribution is 2.61. The van der Waals surface area contributed by atoms with Crippen molar-refractivity contribution in [2.24, 2.45) is 11.8 Å². The van der Waals surface area contributed by atoms with Gasteiger partial charge in [-0.15, -0.1) is 16.9 Å². The molecule has 0 bridgehead atoms. The Morgan fingerprint density at radius 1 is 0.940 bits per heavy atom. The molecule has 0 saturated carbocycles. The van der Waals surface area contributed by atoms with E-state index in [4.69, 9.17) is 4.74 Å². The molecule has 12 heteroatoms. The van der Waals surface area contributed by atoms with Gasteiger partial charge in [-0.05, 0) is 55.3 Å². The second kappa shape index (κ2) is 13.1. The highest BCUT2D eigenvalue weighted by molar-refractivity contribution is 8.02. The third-order valence-corrected chi connectivity index (χ3v) is 12.0. The summed E-state index contributed by atoms with van der Waals surface area (Å²) in [7, 11) is 0. The van der Waals surface area contributed by atoms with Crippen LogP contribution < -0.4 is 9.64 Å². The molecule has 256 valence electrons. The van der Waals surface area contributed by atoms with E-state index < -0.39 is 28.7 Å². The van der Waals surface area contributed by atoms with Crippen molar-refractivity contribution in [1.82, 2.24) is 24.8 Å². The van der Waals surface area contributed by atoms with Gasteiger partial charge in [-0.3, -0.25) is 14.4 Å². The van der Waals surface area contributed by atoms with Crippen molar-refractivity contribution in [1.29, 1.82) is 0 Å². The predicted octanol–water partition coefficient (Wildman–Crippen LogP) is 3.69. The number of thioether (sulfide) groups is 1. The molecule has 11 nitrogen and oxygen atoms in total. The number of hydrogen-bond donors (Lipinski definition) is 1. The molecule has 3 aromatic carbocycles. The van der Waals surface area contributed by atoms with Crippen LogP contribution in [0.2, 0.25) is 0 Å². The summed E-state index contributed by atoms with van der Waals surface area (Å²) in [6, 6.07) is 23.0. The molecule has 1 N–H and O–H groups in total. The second-order valence-corrected chi connectivity index (χ2v) is 14.6. The number of amides is 3. The Morgan fingerprint density at radius 3 is 2.50 bits per heavy atom. The van der Waals surface area contributed by atoms with Crippen LogP contribution >= 0.6 is 11.8 Å². The van der Waals surface area contributed by atoms with Crippen LogP contribution in [0.25, 0.3) is 11.0 Å². The number of rotatable bonds is 9. The maximum Gasteiger partial charge on any atom is 0.248 e. The van der Waals surface area contributed by atoms with Crippen molar-refractivity contribution in [2.75, 3.05) is 31.2 Å². The molecular weight excluding hydrogens is 653 g/mol. The lowest BCUT2D eigenvalue weighted by Crippen LogP contribution is -2.57. The van der Waals surface area contributed by atoms with Crippen LogP contribution in [0.4, 0.5) is 5.69 Å². The monoisotopic (exact) mass is 690 g/mol. The van der Waals surface area contributed by atoms with Gasteiger partial charge in [0, 0.05) is 24.0 Å². The van der Waals surface area contributed by atoms with Gasteiger partial charge in [0.25, 0.3) is 0 Å². The number of likely N-dealkylation sites (tertiary alicyclic amines) is 1. The molecule has 0 aliphatic carbocycles. The average Bonchev–Trinajstić information content (AvgIpc) is 3.70. The summed E-state index contributed by atoms with van der Waals surface area (Å²) in [5.74, 6) is -1.52. The molecule has 2 saturated heterocycles. The number of aliphatic hydroxyl groups is 1. The Hall–Kier alpha value is -4.94. The fourth-order valence-corrected chi connectivity index (χ4v) is 10.1. The highest BCUT2D eigenvalue weighted by atomic mass is 32.2. The molecule has 1 spiro atoms. The molecule has 1 aromatic heterocycles. The maximum absolute atomic E-state index is 15.0. The van der Waals surface area contributed by atoms with Crippen molar-refractivity contribution in [3.63, 3.8) is 0 Å². The normalized spacial score (nSPS) is 26.5. The summed E-state index contributed by atoms with van der Waals surface area (Å²) >= 11 is 1.52. The van der Waals surface area contributed by atoms with E-state index >= 15 is 4.79 Å². The molecule has 50 heavy (non-hydrogen) atoms. The number of ether oxygens (including phenoxy) is 1. The van der Waals surface area contributed by atoms with Crippen LogP contribution in [0.5, 0.6) is 5.75 Å². The number of benzene rings is 3. The fourth-order valence-electron chi connectivity index (χ4n) is 8.08. The Bertz CT molecular complexity index is 1980. The van der Waals surface area contributed by atoms with Crippen LogP contribution in [0.1, 0.15) is 12.5 Å². The summed E-state index contributed by atoms with van der Waals surface area (Å²) < 4.78 is 6.29. The number of carbonyl (C=O) groups excluding carboxylic acids is 3. The van der Waals surface area contributed by atoms with Crippen molar-refractivity contribution in [3.8, 4) is 5.75 Å². The number of aromatic nitrogens is 3. The Morgan fingerprint density at radius 2 is 1.72 bits per heavy atom. The minimum atomic E-state index is -1.03. The van der Waals surface area contributed by atoms with Crippen LogP contribution in [-0.2, 0) is 27.5 Å². The third kappa shape index (κ3) is 5.28. The lowest BCUT2D eigenvalue weighted by Gasteiger charge is -2.38. The largest absolute Gasteiger partial charge is 0.494 e. The van der Waals surface area contributed by atoms with E-state index in [2.05, 4.69) is 10.3 Å². The standard InChI is InChI=1S/C38H38N6O5S/c1-2-49-28-17-15-26(16-18-28)42-21-8-14-31-32(35(42)46)33-36(47)44(27(23-45)22-25-10-4-3-5-11-25)34-37(48)41(20-9-19-38(33,34)50-31)24-43-30-13-7-6-12-29(30)39-40-43/h3-19,27,31-34,45H,2,20-24H2,1H3/t27-,31+,32-,33+,34?,38+/m1/s1. The average molecular weight is 691 g/mol. The van der Waals surface area contributed by atoms with Gasteiger partial charge < -0.3 is 24.5 Å². The Balaban J connectivity index is 1.19. The van der Waals surface area contributed by atoms with Crippen molar-refractivity contribution < 1.29 is 24.2 Å². The van der Waals surface area contributed by atoms with Crippen LogP contribution in [0.15, 0.2) is 103 Å².